The first kappa shape index (κ1) is 17.4. The number of likely N-dealkylation sites (tertiary alicyclic amines) is 1. The number of Topliss-reactive ketones (excluding diaryl/α,β-unsaturated/α-hetero) is 1. The van der Waals surface area contributed by atoms with E-state index in [0.717, 1.165) is 12.5 Å². The van der Waals surface area contributed by atoms with Gasteiger partial charge in [-0.05, 0) is 45.7 Å². The Morgan fingerprint density at radius 2 is 2.00 bits per heavy atom. The number of ether oxygens (including phenoxy) is 1. The van der Waals surface area contributed by atoms with Crippen LogP contribution in [-0.2, 0) is 4.74 Å². The van der Waals surface area contributed by atoms with E-state index < -0.39 is 29.1 Å². The molecule has 0 radical (unpaired) electrons. The number of hydrogen-bond acceptors (Lipinski definition) is 3. The summed E-state index contributed by atoms with van der Waals surface area (Å²) in [5, 5.41) is 0. The molecule has 1 heterocycles. The van der Waals surface area contributed by atoms with Crippen LogP contribution in [-0.4, -0.2) is 35.0 Å². The zero-order valence-electron chi connectivity index (χ0n) is 13.6. The van der Waals surface area contributed by atoms with Gasteiger partial charge in [0.2, 0.25) is 0 Å². The number of carbonyl (C=O) groups is 2. The lowest BCUT2D eigenvalue weighted by Gasteiger charge is -2.28. The van der Waals surface area contributed by atoms with Crippen molar-refractivity contribution in [3.63, 3.8) is 0 Å². The van der Waals surface area contributed by atoms with E-state index in [1.807, 2.05) is 0 Å². The van der Waals surface area contributed by atoms with Crippen LogP contribution in [0.2, 0.25) is 0 Å². The summed E-state index contributed by atoms with van der Waals surface area (Å²) < 4.78 is 32.3. The molecule has 0 saturated carbocycles. The molecule has 1 fully saturated rings. The highest BCUT2D eigenvalue weighted by Crippen LogP contribution is 2.25. The van der Waals surface area contributed by atoms with Crippen LogP contribution >= 0.6 is 0 Å². The molecular weight excluding hydrogens is 304 g/mol. The van der Waals surface area contributed by atoms with Gasteiger partial charge in [0.25, 0.3) is 0 Å². The maximum absolute atomic E-state index is 13.7. The van der Waals surface area contributed by atoms with Crippen molar-refractivity contribution in [3.05, 3.63) is 35.4 Å². The standard InChI is InChI=1S/C17H21F2NO3/c1-17(2,3)23-16(22)20-9-5-6-11(20)10-14(21)12-7-4-8-13(18)15(12)19/h4,7-8,11H,5-6,9-10H2,1-3H3. The molecule has 6 heteroatoms. The number of rotatable bonds is 3. The number of amides is 1. The summed E-state index contributed by atoms with van der Waals surface area (Å²) in [5.41, 5.74) is -0.899. The smallest absolute Gasteiger partial charge is 0.410 e. The Balaban J connectivity index is 2.08. The SMILES string of the molecule is CC(C)(C)OC(=O)N1CCCC1CC(=O)c1cccc(F)c1F. The van der Waals surface area contributed by atoms with E-state index in [2.05, 4.69) is 0 Å². The summed E-state index contributed by atoms with van der Waals surface area (Å²) in [6.45, 7) is 5.80. The molecule has 0 spiro atoms. The van der Waals surface area contributed by atoms with Gasteiger partial charge in [-0.1, -0.05) is 6.07 Å². The Labute approximate surface area is 134 Å². The van der Waals surface area contributed by atoms with Crippen molar-refractivity contribution in [2.24, 2.45) is 0 Å². The fourth-order valence-corrected chi connectivity index (χ4v) is 2.65. The van der Waals surface area contributed by atoms with E-state index >= 15 is 0 Å². The van der Waals surface area contributed by atoms with E-state index in [-0.39, 0.29) is 18.0 Å². The number of carbonyl (C=O) groups excluding carboxylic acids is 2. The van der Waals surface area contributed by atoms with Gasteiger partial charge in [-0.25, -0.2) is 13.6 Å². The molecule has 0 aromatic heterocycles. The van der Waals surface area contributed by atoms with Gasteiger partial charge in [0.15, 0.2) is 17.4 Å². The maximum atomic E-state index is 13.7. The van der Waals surface area contributed by atoms with Gasteiger partial charge in [-0.3, -0.25) is 4.79 Å². The van der Waals surface area contributed by atoms with Crippen LogP contribution in [0.25, 0.3) is 0 Å². The molecule has 1 aromatic rings. The third kappa shape index (κ3) is 4.27. The summed E-state index contributed by atoms with van der Waals surface area (Å²) >= 11 is 0. The third-order valence-electron chi connectivity index (χ3n) is 3.68. The van der Waals surface area contributed by atoms with Crippen molar-refractivity contribution < 1.29 is 23.1 Å². The normalized spacial score (nSPS) is 18.1. The molecule has 126 valence electrons. The van der Waals surface area contributed by atoms with Crippen molar-refractivity contribution in [3.8, 4) is 0 Å². The second-order valence-electron chi connectivity index (χ2n) is 6.70. The molecule has 2 rings (SSSR count). The van der Waals surface area contributed by atoms with Crippen molar-refractivity contribution in [2.45, 2.75) is 51.7 Å². The minimum absolute atomic E-state index is 0.0420. The van der Waals surface area contributed by atoms with Crippen LogP contribution in [0.5, 0.6) is 0 Å². The molecule has 0 N–H and O–H groups in total. The van der Waals surface area contributed by atoms with Crippen molar-refractivity contribution in [1.29, 1.82) is 0 Å². The molecule has 1 aromatic carbocycles. The van der Waals surface area contributed by atoms with Crippen LogP contribution in [0.4, 0.5) is 13.6 Å². The lowest BCUT2D eigenvalue weighted by Crippen LogP contribution is -2.40. The van der Waals surface area contributed by atoms with Gasteiger partial charge >= 0.3 is 6.09 Å². The largest absolute Gasteiger partial charge is 0.444 e. The van der Waals surface area contributed by atoms with Crippen LogP contribution in [0.3, 0.4) is 0 Å². The molecule has 1 unspecified atom stereocenters. The zero-order chi connectivity index (χ0) is 17.2. The van der Waals surface area contributed by atoms with Crippen LogP contribution in [0, 0.1) is 11.6 Å². The Hall–Kier alpha value is -1.98. The van der Waals surface area contributed by atoms with E-state index in [9.17, 15) is 18.4 Å². The van der Waals surface area contributed by atoms with Crippen molar-refractivity contribution in [1.82, 2.24) is 4.90 Å². The van der Waals surface area contributed by atoms with Gasteiger partial charge in [0.1, 0.15) is 5.60 Å². The van der Waals surface area contributed by atoms with Gasteiger partial charge in [-0.15, -0.1) is 0 Å². The highest BCUT2D eigenvalue weighted by atomic mass is 19.2. The first-order chi connectivity index (χ1) is 10.7. The minimum Gasteiger partial charge on any atom is -0.444 e. The van der Waals surface area contributed by atoms with E-state index in [0.29, 0.717) is 13.0 Å². The average molecular weight is 325 g/mol. The molecule has 1 aliphatic rings. The summed E-state index contributed by atoms with van der Waals surface area (Å²) in [5.74, 6) is -2.70. The lowest BCUT2D eigenvalue weighted by molar-refractivity contribution is 0.0223. The topological polar surface area (TPSA) is 46.6 Å². The quantitative estimate of drug-likeness (QED) is 0.791. The number of halogens is 2. The predicted molar refractivity (Wildman–Crippen MR) is 81.3 cm³/mol. The molecular formula is C17H21F2NO3. The molecule has 1 aliphatic heterocycles. The number of nitrogens with zero attached hydrogens (tertiary/aromatic N) is 1. The van der Waals surface area contributed by atoms with E-state index in [1.54, 1.807) is 20.8 Å². The Kier molecular flexibility index (Phi) is 5.02. The Morgan fingerprint density at radius 1 is 1.30 bits per heavy atom. The molecule has 1 amide bonds. The number of benzene rings is 1. The van der Waals surface area contributed by atoms with Gasteiger partial charge < -0.3 is 9.64 Å². The molecule has 1 atom stereocenters. The first-order valence-electron chi connectivity index (χ1n) is 7.66. The van der Waals surface area contributed by atoms with Gasteiger partial charge in [0, 0.05) is 19.0 Å². The molecule has 0 bridgehead atoms. The van der Waals surface area contributed by atoms with Crippen LogP contribution in [0.1, 0.15) is 50.4 Å². The second-order valence-corrected chi connectivity index (χ2v) is 6.70. The Morgan fingerprint density at radius 3 is 2.65 bits per heavy atom. The van der Waals surface area contributed by atoms with E-state index in [1.165, 1.54) is 17.0 Å². The zero-order valence-corrected chi connectivity index (χ0v) is 13.6. The monoisotopic (exact) mass is 325 g/mol. The third-order valence-corrected chi connectivity index (χ3v) is 3.68. The summed E-state index contributed by atoms with van der Waals surface area (Å²) in [6.07, 6.45) is 0.872. The number of hydrogen-bond donors (Lipinski definition) is 0. The molecule has 4 nitrogen and oxygen atoms in total. The van der Waals surface area contributed by atoms with Crippen LogP contribution < -0.4 is 0 Å². The van der Waals surface area contributed by atoms with Crippen molar-refractivity contribution in [2.75, 3.05) is 6.54 Å². The fourth-order valence-electron chi connectivity index (χ4n) is 2.65. The minimum atomic E-state index is -1.14. The van der Waals surface area contributed by atoms with Gasteiger partial charge in [-0.2, -0.15) is 0 Å². The van der Waals surface area contributed by atoms with Crippen molar-refractivity contribution >= 4 is 11.9 Å². The van der Waals surface area contributed by atoms with Crippen LogP contribution in [0.15, 0.2) is 18.2 Å². The number of ketones is 1. The second kappa shape index (κ2) is 6.64. The Bertz CT molecular complexity index is 610. The fraction of sp³-hybridized carbons (Fsp3) is 0.529. The summed E-state index contributed by atoms with van der Waals surface area (Å²) in [4.78, 5) is 25.9. The molecule has 0 aliphatic carbocycles. The highest BCUT2D eigenvalue weighted by Gasteiger charge is 2.34. The predicted octanol–water partition coefficient (Wildman–Crippen LogP) is 3.94. The first-order valence-corrected chi connectivity index (χ1v) is 7.66. The average Bonchev–Trinajstić information content (AvgIpc) is 2.88. The maximum Gasteiger partial charge on any atom is 0.410 e. The molecule has 23 heavy (non-hydrogen) atoms. The summed E-state index contributed by atoms with van der Waals surface area (Å²) in [7, 11) is 0. The lowest BCUT2D eigenvalue weighted by atomic mass is 10.0. The van der Waals surface area contributed by atoms with E-state index in [4.69, 9.17) is 4.74 Å². The summed E-state index contributed by atoms with van der Waals surface area (Å²) in [6, 6.07) is 3.17. The highest BCUT2D eigenvalue weighted by molar-refractivity contribution is 5.97. The molecule has 1 saturated heterocycles. The van der Waals surface area contributed by atoms with Gasteiger partial charge in [0.05, 0.1) is 5.56 Å².